The largest absolute Gasteiger partial charge is 0.497 e. The van der Waals surface area contributed by atoms with Gasteiger partial charge in [-0.2, -0.15) is 0 Å². The molecule has 0 radical (unpaired) electrons. The highest BCUT2D eigenvalue weighted by molar-refractivity contribution is 5.91. The van der Waals surface area contributed by atoms with E-state index in [2.05, 4.69) is 46.4 Å². The van der Waals surface area contributed by atoms with E-state index >= 15 is 0 Å². The van der Waals surface area contributed by atoms with E-state index in [0.29, 0.717) is 12.8 Å². The number of benzene rings is 2. The Kier molecular flexibility index (Phi) is 6.94. The van der Waals surface area contributed by atoms with Crippen molar-refractivity contribution in [1.82, 2.24) is 15.2 Å². The van der Waals surface area contributed by atoms with Crippen molar-refractivity contribution in [2.45, 2.75) is 32.2 Å². The minimum Gasteiger partial charge on any atom is -0.497 e. The summed E-state index contributed by atoms with van der Waals surface area (Å²) in [5.74, 6) is 0.930. The number of aromatic amines is 1. The fourth-order valence-electron chi connectivity index (χ4n) is 3.57. The average molecular weight is 394 g/mol. The van der Waals surface area contributed by atoms with Crippen molar-refractivity contribution in [2.24, 2.45) is 0 Å². The zero-order chi connectivity index (χ0) is 20.8. The highest BCUT2D eigenvalue weighted by Crippen LogP contribution is 2.32. The molecule has 0 fully saturated rings. The van der Waals surface area contributed by atoms with Crippen molar-refractivity contribution in [3.63, 3.8) is 0 Å². The third-order valence-electron chi connectivity index (χ3n) is 5.21. The molecule has 2 N–H and O–H groups in total. The quantitative estimate of drug-likeness (QED) is 0.572. The number of fused-ring (bicyclic) bond motifs is 1. The average Bonchev–Trinajstić information content (AvgIpc) is 3.09. The maximum atomic E-state index is 12.5. The number of hydrogen-bond acceptors (Lipinski definition) is 3. The van der Waals surface area contributed by atoms with E-state index in [0.717, 1.165) is 35.5 Å². The Morgan fingerprint density at radius 2 is 1.86 bits per heavy atom. The number of amides is 1. The first kappa shape index (κ1) is 20.9. The summed E-state index contributed by atoms with van der Waals surface area (Å²) in [4.78, 5) is 18.2. The highest BCUT2D eigenvalue weighted by atomic mass is 16.5. The summed E-state index contributed by atoms with van der Waals surface area (Å²) in [6.07, 6.45) is 2.11. The number of hydrogen-bond donors (Lipinski definition) is 2. The minimum absolute atomic E-state index is 0.0993. The topological polar surface area (TPSA) is 57.4 Å². The van der Waals surface area contributed by atoms with E-state index in [1.165, 1.54) is 10.9 Å². The maximum Gasteiger partial charge on any atom is 0.220 e. The van der Waals surface area contributed by atoms with E-state index in [1.54, 1.807) is 7.11 Å². The fourth-order valence-corrected chi connectivity index (χ4v) is 3.57. The summed E-state index contributed by atoms with van der Waals surface area (Å²) in [5, 5.41) is 4.30. The number of ether oxygens (including phenoxy) is 1. The molecule has 1 aromatic heterocycles. The van der Waals surface area contributed by atoms with Crippen LogP contribution in [0, 0.1) is 0 Å². The van der Waals surface area contributed by atoms with Crippen molar-refractivity contribution in [3.05, 3.63) is 54.1 Å². The zero-order valence-electron chi connectivity index (χ0n) is 17.8. The van der Waals surface area contributed by atoms with Gasteiger partial charge in [0.1, 0.15) is 5.75 Å². The Morgan fingerprint density at radius 1 is 1.14 bits per heavy atom. The normalized spacial score (nSPS) is 12.3. The Hall–Kier alpha value is -2.79. The van der Waals surface area contributed by atoms with Crippen molar-refractivity contribution in [2.75, 3.05) is 27.7 Å². The molecule has 1 atom stereocenters. The summed E-state index contributed by atoms with van der Waals surface area (Å²) in [5.41, 5.74) is 4.44. The van der Waals surface area contributed by atoms with Gasteiger partial charge in [-0.1, -0.05) is 18.2 Å². The first-order chi connectivity index (χ1) is 14.0. The summed E-state index contributed by atoms with van der Waals surface area (Å²) in [6.45, 7) is 3.03. The van der Waals surface area contributed by atoms with Crippen LogP contribution < -0.4 is 10.1 Å². The molecule has 0 bridgehead atoms. The first-order valence-corrected chi connectivity index (χ1v) is 10.2. The van der Waals surface area contributed by atoms with Gasteiger partial charge < -0.3 is 19.9 Å². The predicted molar refractivity (Wildman–Crippen MR) is 119 cm³/mol. The lowest BCUT2D eigenvalue weighted by atomic mass is 10.0. The van der Waals surface area contributed by atoms with E-state index in [9.17, 15) is 4.79 Å². The van der Waals surface area contributed by atoms with Crippen molar-refractivity contribution >= 4 is 16.8 Å². The van der Waals surface area contributed by atoms with Crippen LogP contribution in [0.5, 0.6) is 5.75 Å². The molecule has 29 heavy (non-hydrogen) atoms. The second kappa shape index (κ2) is 9.61. The molecule has 1 amide bonds. The molecule has 0 aliphatic heterocycles. The summed E-state index contributed by atoms with van der Waals surface area (Å²) in [6, 6.07) is 16.5. The van der Waals surface area contributed by atoms with Gasteiger partial charge in [-0.15, -0.1) is 0 Å². The monoisotopic (exact) mass is 393 g/mol. The van der Waals surface area contributed by atoms with Crippen LogP contribution in [0.2, 0.25) is 0 Å². The molecule has 1 heterocycles. The second-order valence-corrected chi connectivity index (χ2v) is 7.81. The Morgan fingerprint density at radius 3 is 2.55 bits per heavy atom. The van der Waals surface area contributed by atoms with Crippen molar-refractivity contribution in [3.8, 4) is 17.0 Å². The van der Waals surface area contributed by atoms with Gasteiger partial charge in [0.05, 0.1) is 7.11 Å². The number of rotatable bonds is 9. The Balaban J connectivity index is 1.76. The van der Waals surface area contributed by atoms with E-state index in [4.69, 9.17) is 4.74 Å². The van der Waals surface area contributed by atoms with Gasteiger partial charge in [0, 0.05) is 29.1 Å². The lowest BCUT2D eigenvalue weighted by Crippen LogP contribution is -2.34. The molecule has 0 aliphatic carbocycles. The molecule has 3 rings (SSSR count). The van der Waals surface area contributed by atoms with Crippen LogP contribution in [0.25, 0.3) is 22.2 Å². The fraction of sp³-hybridized carbons (Fsp3) is 0.375. The van der Waals surface area contributed by atoms with E-state index < -0.39 is 0 Å². The van der Waals surface area contributed by atoms with Gasteiger partial charge >= 0.3 is 0 Å². The number of methoxy groups -OCH3 is 1. The number of H-pyrrole nitrogens is 1. The molecule has 5 heteroatoms. The molecule has 5 nitrogen and oxygen atoms in total. The van der Waals surface area contributed by atoms with Gasteiger partial charge in [-0.25, -0.2) is 0 Å². The second-order valence-electron chi connectivity index (χ2n) is 7.81. The number of aromatic nitrogens is 1. The summed E-state index contributed by atoms with van der Waals surface area (Å²) < 4.78 is 5.28. The molecule has 154 valence electrons. The molecule has 0 saturated heterocycles. The van der Waals surface area contributed by atoms with Gasteiger partial charge in [0.15, 0.2) is 0 Å². The number of carbonyl (C=O) groups is 1. The van der Waals surface area contributed by atoms with Crippen molar-refractivity contribution < 1.29 is 9.53 Å². The summed E-state index contributed by atoms with van der Waals surface area (Å²) >= 11 is 0. The molecular formula is C24H31N3O2. The Bertz CT molecular complexity index is 944. The smallest absolute Gasteiger partial charge is 0.220 e. The van der Waals surface area contributed by atoms with Crippen LogP contribution in [-0.4, -0.2) is 49.6 Å². The van der Waals surface area contributed by atoms with Crippen LogP contribution in [0.1, 0.15) is 25.3 Å². The van der Waals surface area contributed by atoms with Crippen molar-refractivity contribution in [1.29, 1.82) is 0 Å². The molecular weight excluding hydrogens is 362 g/mol. The summed E-state index contributed by atoms with van der Waals surface area (Å²) in [7, 11) is 5.76. The third kappa shape index (κ3) is 5.39. The van der Waals surface area contributed by atoms with Crippen LogP contribution in [0.4, 0.5) is 0 Å². The van der Waals surface area contributed by atoms with Crippen LogP contribution in [0.3, 0.4) is 0 Å². The highest BCUT2D eigenvalue weighted by Gasteiger charge is 2.15. The zero-order valence-corrected chi connectivity index (χ0v) is 17.8. The molecule has 0 saturated carbocycles. The lowest BCUT2D eigenvalue weighted by molar-refractivity contribution is -0.121. The first-order valence-electron chi connectivity index (χ1n) is 10.2. The van der Waals surface area contributed by atoms with Crippen LogP contribution in [0.15, 0.2) is 48.5 Å². The van der Waals surface area contributed by atoms with E-state index in [1.807, 2.05) is 38.4 Å². The van der Waals surface area contributed by atoms with E-state index in [-0.39, 0.29) is 11.9 Å². The van der Waals surface area contributed by atoms with Crippen LogP contribution in [-0.2, 0) is 11.2 Å². The molecule has 2 aromatic carbocycles. The van der Waals surface area contributed by atoms with Gasteiger partial charge in [-0.05, 0) is 81.9 Å². The maximum absolute atomic E-state index is 12.5. The molecule has 0 aliphatic rings. The van der Waals surface area contributed by atoms with Crippen LogP contribution >= 0.6 is 0 Å². The molecule has 3 aromatic rings. The number of aryl methyl sites for hydroxylation is 1. The van der Waals surface area contributed by atoms with Gasteiger partial charge in [0.2, 0.25) is 5.91 Å². The lowest BCUT2D eigenvalue weighted by Gasteiger charge is -2.16. The molecule has 0 spiro atoms. The van der Waals surface area contributed by atoms with Gasteiger partial charge in [-0.3, -0.25) is 4.79 Å². The third-order valence-corrected chi connectivity index (χ3v) is 5.21. The number of nitrogens with one attached hydrogen (secondary N) is 2. The SMILES string of the molecule is COc1ccc(-c2[nH]c3ccccc3c2CCC(=O)N[C@@H](C)CCN(C)C)cc1. The number of carbonyl (C=O) groups excluding carboxylic acids is 1. The molecule has 0 unspecified atom stereocenters. The predicted octanol–water partition coefficient (Wildman–Crippen LogP) is 4.23. The Labute approximate surface area is 173 Å². The number of nitrogens with zero attached hydrogens (tertiary/aromatic N) is 1. The standard InChI is InChI=1S/C24H31N3O2/c1-17(15-16-27(2)3)25-23(28)14-13-21-20-7-5-6-8-22(20)26-24(21)18-9-11-19(29-4)12-10-18/h5-12,17,26H,13-16H2,1-4H3,(H,25,28)/t17-/m0/s1. The number of para-hydroxylation sites is 1. The van der Waals surface area contributed by atoms with Gasteiger partial charge in [0.25, 0.3) is 0 Å². The minimum atomic E-state index is 0.0993.